The van der Waals surface area contributed by atoms with Crippen molar-refractivity contribution in [2.24, 2.45) is 5.10 Å². The van der Waals surface area contributed by atoms with Crippen molar-refractivity contribution in [1.29, 1.82) is 0 Å². The molecule has 0 aliphatic rings. The molecule has 0 bridgehead atoms. The van der Waals surface area contributed by atoms with Crippen LogP contribution in [0.15, 0.2) is 66.0 Å². The first kappa shape index (κ1) is 23.4. The van der Waals surface area contributed by atoms with Crippen molar-refractivity contribution in [3.63, 3.8) is 0 Å². The van der Waals surface area contributed by atoms with Crippen molar-refractivity contribution >= 4 is 35.3 Å². The molecular formula is C23H21Cl2N3O4. The van der Waals surface area contributed by atoms with Gasteiger partial charge in [-0.05, 0) is 42.0 Å². The van der Waals surface area contributed by atoms with Crippen LogP contribution in [0, 0.1) is 0 Å². The second-order valence-electron chi connectivity index (χ2n) is 6.45. The van der Waals surface area contributed by atoms with E-state index in [2.05, 4.69) is 15.5 Å². The number of rotatable bonds is 10. The zero-order valence-electron chi connectivity index (χ0n) is 17.3. The van der Waals surface area contributed by atoms with E-state index in [9.17, 15) is 4.79 Å². The van der Waals surface area contributed by atoms with Crippen LogP contribution >= 0.6 is 23.2 Å². The van der Waals surface area contributed by atoms with E-state index in [0.29, 0.717) is 58.1 Å². The zero-order valence-corrected chi connectivity index (χ0v) is 18.8. The molecule has 32 heavy (non-hydrogen) atoms. The number of para-hydroxylation sites is 1. The van der Waals surface area contributed by atoms with Gasteiger partial charge in [0.15, 0.2) is 11.5 Å². The molecule has 1 aromatic heterocycles. The first-order valence-corrected chi connectivity index (χ1v) is 10.4. The van der Waals surface area contributed by atoms with E-state index in [4.69, 9.17) is 37.4 Å². The van der Waals surface area contributed by atoms with Gasteiger partial charge in [0.1, 0.15) is 5.75 Å². The lowest BCUT2D eigenvalue weighted by Gasteiger charge is -2.13. The molecule has 2 aromatic carbocycles. The molecular weight excluding hydrogens is 453 g/mol. The Morgan fingerprint density at radius 1 is 1.03 bits per heavy atom. The predicted molar refractivity (Wildman–Crippen MR) is 124 cm³/mol. The van der Waals surface area contributed by atoms with Crippen LogP contribution in [0.25, 0.3) is 0 Å². The van der Waals surface area contributed by atoms with Gasteiger partial charge in [-0.1, -0.05) is 35.3 Å². The summed E-state index contributed by atoms with van der Waals surface area (Å²) in [5.74, 6) is 1.15. The van der Waals surface area contributed by atoms with Gasteiger partial charge in [0.2, 0.25) is 0 Å². The predicted octanol–water partition coefficient (Wildman–Crippen LogP) is 5.01. The van der Waals surface area contributed by atoms with Crippen molar-refractivity contribution in [3.05, 3.63) is 82.1 Å². The number of carbonyl (C=O) groups excluding carboxylic acids is 1. The quantitative estimate of drug-likeness (QED) is 0.254. The van der Waals surface area contributed by atoms with Gasteiger partial charge in [-0.25, -0.2) is 5.43 Å². The molecule has 0 saturated carbocycles. The van der Waals surface area contributed by atoms with Gasteiger partial charge in [0.25, 0.3) is 5.91 Å². The average molecular weight is 474 g/mol. The largest absolute Gasteiger partial charge is 0.493 e. The molecule has 0 aliphatic heterocycles. The fourth-order valence-corrected chi connectivity index (χ4v) is 3.13. The molecule has 1 N–H and O–H groups in total. The van der Waals surface area contributed by atoms with E-state index in [1.165, 1.54) is 25.7 Å². The SMILES string of the molecule is COc1cc(/C=N/NC(=O)c2ccncc2)cc(Cl)c1OCCCOc1ccccc1Cl. The molecule has 166 valence electrons. The lowest BCUT2D eigenvalue weighted by Crippen LogP contribution is -2.17. The van der Waals surface area contributed by atoms with Gasteiger partial charge in [0.05, 0.1) is 36.6 Å². The summed E-state index contributed by atoms with van der Waals surface area (Å²) in [4.78, 5) is 15.9. The van der Waals surface area contributed by atoms with E-state index < -0.39 is 0 Å². The summed E-state index contributed by atoms with van der Waals surface area (Å²) in [5.41, 5.74) is 3.54. The lowest BCUT2D eigenvalue weighted by molar-refractivity contribution is 0.0955. The number of aromatic nitrogens is 1. The highest BCUT2D eigenvalue weighted by Gasteiger charge is 2.12. The summed E-state index contributed by atoms with van der Waals surface area (Å²) in [6.07, 6.45) is 5.15. The highest BCUT2D eigenvalue weighted by atomic mass is 35.5. The van der Waals surface area contributed by atoms with Gasteiger partial charge < -0.3 is 14.2 Å². The third-order valence-corrected chi connectivity index (χ3v) is 4.80. The number of amides is 1. The summed E-state index contributed by atoms with van der Waals surface area (Å²) >= 11 is 12.4. The van der Waals surface area contributed by atoms with Crippen LogP contribution in [0.5, 0.6) is 17.2 Å². The molecule has 1 heterocycles. The van der Waals surface area contributed by atoms with Gasteiger partial charge >= 0.3 is 0 Å². The van der Waals surface area contributed by atoms with Crippen molar-refractivity contribution < 1.29 is 19.0 Å². The lowest BCUT2D eigenvalue weighted by atomic mass is 10.2. The van der Waals surface area contributed by atoms with Crippen molar-refractivity contribution in [1.82, 2.24) is 10.4 Å². The number of nitrogens with one attached hydrogen (secondary N) is 1. The Balaban J connectivity index is 1.54. The molecule has 0 fully saturated rings. The summed E-state index contributed by atoms with van der Waals surface area (Å²) < 4.78 is 16.8. The molecule has 1 amide bonds. The maximum atomic E-state index is 12.0. The van der Waals surface area contributed by atoms with Crippen molar-refractivity contribution in [2.75, 3.05) is 20.3 Å². The molecule has 3 aromatic rings. The average Bonchev–Trinajstić information content (AvgIpc) is 2.81. The van der Waals surface area contributed by atoms with E-state index in [-0.39, 0.29) is 5.91 Å². The van der Waals surface area contributed by atoms with Crippen LogP contribution in [0.1, 0.15) is 22.3 Å². The Hall–Kier alpha value is -3.29. The highest BCUT2D eigenvalue weighted by Crippen LogP contribution is 2.36. The van der Waals surface area contributed by atoms with Crippen LogP contribution in [-0.4, -0.2) is 37.4 Å². The molecule has 9 heteroatoms. The Bertz CT molecular complexity index is 1080. The van der Waals surface area contributed by atoms with Gasteiger partial charge in [-0.3, -0.25) is 9.78 Å². The van der Waals surface area contributed by atoms with Crippen LogP contribution in [-0.2, 0) is 0 Å². The fourth-order valence-electron chi connectivity index (χ4n) is 2.66. The Morgan fingerprint density at radius 3 is 2.53 bits per heavy atom. The van der Waals surface area contributed by atoms with Crippen LogP contribution in [0.4, 0.5) is 0 Å². The van der Waals surface area contributed by atoms with Crippen LogP contribution in [0.2, 0.25) is 10.0 Å². The Morgan fingerprint density at radius 2 is 1.78 bits per heavy atom. The number of carbonyl (C=O) groups is 1. The van der Waals surface area contributed by atoms with E-state index in [1.807, 2.05) is 18.2 Å². The maximum Gasteiger partial charge on any atom is 0.271 e. The summed E-state index contributed by atoms with van der Waals surface area (Å²) in [6, 6.07) is 13.8. The fraction of sp³-hybridized carbons (Fsp3) is 0.174. The molecule has 0 unspecified atom stereocenters. The van der Waals surface area contributed by atoms with Crippen LogP contribution in [0.3, 0.4) is 0 Å². The number of ether oxygens (including phenoxy) is 3. The number of pyridine rings is 1. The molecule has 3 rings (SSSR count). The van der Waals surface area contributed by atoms with Gasteiger partial charge in [-0.2, -0.15) is 5.10 Å². The molecule has 7 nitrogen and oxygen atoms in total. The highest BCUT2D eigenvalue weighted by molar-refractivity contribution is 6.32. The normalized spacial score (nSPS) is 10.7. The monoisotopic (exact) mass is 473 g/mol. The summed E-state index contributed by atoms with van der Waals surface area (Å²) in [7, 11) is 1.52. The number of nitrogens with zero attached hydrogens (tertiary/aromatic N) is 2. The molecule has 0 saturated heterocycles. The summed E-state index contributed by atoms with van der Waals surface area (Å²) in [6.45, 7) is 0.807. The molecule has 0 radical (unpaired) electrons. The number of hydrogen-bond acceptors (Lipinski definition) is 6. The minimum absolute atomic E-state index is 0.347. The van der Waals surface area contributed by atoms with Crippen LogP contribution < -0.4 is 19.6 Å². The number of hydrazone groups is 1. The number of hydrogen-bond donors (Lipinski definition) is 1. The van der Waals surface area contributed by atoms with Crippen molar-refractivity contribution in [2.45, 2.75) is 6.42 Å². The van der Waals surface area contributed by atoms with E-state index in [1.54, 1.807) is 30.3 Å². The second-order valence-corrected chi connectivity index (χ2v) is 7.26. The van der Waals surface area contributed by atoms with E-state index in [0.717, 1.165) is 0 Å². The standard InChI is InChI=1S/C23H21Cl2N3O4/c1-30-21-14-16(15-27-28-23(29)17-7-9-26-10-8-17)13-19(25)22(21)32-12-4-11-31-20-6-3-2-5-18(20)24/h2-3,5-10,13-15H,4,11-12H2,1H3,(H,28,29)/b27-15+. The zero-order chi connectivity index (χ0) is 22.8. The maximum absolute atomic E-state index is 12.0. The van der Waals surface area contributed by atoms with Gasteiger partial charge in [-0.15, -0.1) is 0 Å². The number of methoxy groups -OCH3 is 1. The smallest absolute Gasteiger partial charge is 0.271 e. The van der Waals surface area contributed by atoms with Gasteiger partial charge in [0, 0.05) is 24.4 Å². The summed E-state index contributed by atoms with van der Waals surface area (Å²) in [5, 5.41) is 4.88. The Kier molecular flexibility index (Phi) is 8.71. The topological polar surface area (TPSA) is 82.0 Å². The molecule has 0 aliphatic carbocycles. The number of benzene rings is 2. The third-order valence-electron chi connectivity index (χ3n) is 4.20. The minimum atomic E-state index is -0.347. The first-order valence-electron chi connectivity index (χ1n) is 9.69. The molecule has 0 atom stereocenters. The number of halogens is 2. The Labute approximate surface area is 195 Å². The van der Waals surface area contributed by atoms with Crippen molar-refractivity contribution in [3.8, 4) is 17.2 Å². The first-order chi connectivity index (χ1) is 15.6. The third kappa shape index (κ3) is 6.60. The minimum Gasteiger partial charge on any atom is -0.493 e. The molecule has 0 spiro atoms. The second kappa shape index (κ2) is 11.9. The van der Waals surface area contributed by atoms with E-state index >= 15 is 0 Å².